The molecule has 1 aliphatic heterocycles. The fourth-order valence-corrected chi connectivity index (χ4v) is 5.56. The number of sulfone groups is 1. The first-order valence-electron chi connectivity index (χ1n) is 9.01. The second kappa shape index (κ2) is 7.69. The maximum absolute atomic E-state index is 11.8. The van der Waals surface area contributed by atoms with Gasteiger partial charge in [0.25, 0.3) is 0 Å². The fourth-order valence-electron chi connectivity index (χ4n) is 3.63. The number of hydrogen-bond acceptors (Lipinski definition) is 5. The van der Waals surface area contributed by atoms with E-state index < -0.39 is 9.84 Å². The fraction of sp³-hybridized carbons (Fsp3) is 0.588. The number of quaternary nitrogens is 1. The number of aryl methyl sites for hydroxylation is 1. The summed E-state index contributed by atoms with van der Waals surface area (Å²) in [6.07, 6.45) is 4.16. The monoisotopic (exact) mass is 411 g/mol. The average Bonchev–Trinajstić information content (AvgIpc) is 3.21. The minimum Gasteiger partial charge on any atom is -0.315 e. The van der Waals surface area contributed by atoms with Crippen LogP contribution in [0.3, 0.4) is 0 Å². The van der Waals surface area contributed by atoms with Crippen LogP contribution in [0.15, 0.2) is 19.0 Å². The first-order valence-corrected chi connectivity index (χ1v) is 11.2. The highest BCUT2D eigenvalue weighted by molar-refractivity contribution is 7.91. The van der Waals surface area contributed by atoms with Gasteiger partial charge in [0.1, 0.15) is 12.9 Å². The second-order valence-electron chi connectivity index (χ2n) is 7.30. The van der Waals surface area contributed by atoms with E-state index in [0.29, 0.717) is 24.4 Å². The molecule has 27 heavy (non-hydrogen) atoms. The van der Waals surface area contributed by atoms with Crippen molar-refractivity contribution in [2.24, 2.45) is 0 Å². The molecule has 1 fully saturated rings. The molecule has 0 radical (unpaired) electrons. The summed E-state index contributed by atoms with van der Waals surface area (Å²) in [6.45, 7) is 9.80. The second-order valence-corrected chi connectivity index (χ2v) is 9.89. The van der Waals surface area contributed by atoms with Crippen LogP contribution in [0.25, 0.3) is 0 Å². The summed E-state index contributed by atoms with van der Waals surface area (Å²) in [7, 11) is -0.846. The molecule has 2 aromatic heterocycles. The molecule has 1 unspecified atom stereocenters. The smallest absolute Gasteiger partial charge is 0.202 e. The van der Waals surface area contributed by atoms with Crippen molar-refractivity contribution in [3.8, 4) is 0 Å². The van der Waals surface area contributed by atoms with Crippen LogP contribution in [0, 0.1) is 18.6 Å². The Labute approximate surface area is 165 Å². The first kappa shape index (κ1) is 20.0. The van der Waals surface area contributed by atoms with Gasteiger partial charge in [0.15, 0.2) is 16.5 Å². The molecule has 8 nitrogen and oxygen atoms in total. The summed E-state index contributed by atoms with van der Waals surface area (Å²) in [5, 5.41) is 9.01. The van der Waals surface area contributed by atoms with Crippen LogP contribution in [0.4, 0.5) is 0 Å². The normalized spacial score (nSPS) is 20.0. The highest BCUT2D eigenvalue weighted by Crippen LogP contribution is 2.26. The van der Waals surface area contributed by atoms with E-state index in [1.54, 1.807) is 12.4 Å². The molecule has 0 amide bonds. The Kier molecular flexibility index (Phi) is 5.68. The van der Waals surface area contributed by atoms with Crippen LogP contribution in [0.5, 0.6) is 0 Å². The standard InChI is InChI=1S/C17H26N6O2S2/c1-5-7-21-11-18-22(17(21)26)12-20(4)9-16-13(2)19-23(14(16)3)15-6-8-27(24,25)10-15/h5,11,15H,1,6-10,12H2,2-4H3/p+1/t15-/m1/s1. The predicted molar refractivity (Wildman–Crippen MR) is 106 cm³/mol. The van der Waals surface area contributed by atoms with Gasteiger partial charge in [-0.15, -0.1) is 6.58 Å². The molecule has 0 bridgehead atoms. The quantitative estimate of drug-likeness (QED) is 0.529. The molecule has 1 N–H and O–H groups in total. The number of hydrogen-bond donors (Lipinski definition) is 1. The van der Waals surface area contributed by atoms with Crippen molar-refractivity contribution in [2.75, 3.05) is 18.6 Å². The van der Waals surface area contributed by atoms with Crippen LogP contribution in [0.2, 0.25) is 0 Å². The van der Waals surface area contributed by atoms with Crippen molar-refractivity contribution in [2.45, 2.75) is 46.1 Å². The van der Waals surface area contributed by atoms with Gasteiger partial charge in [-0.05, 0) is 32.5 Å². The van der Waals surface area contributed by atoms with E-state index in [0.717, 1.165) is 23.5 Å². The third kappa shape index (κ3) is 4.22. The van der Waals surface area contributed by atoms with Gasteiger partial charge < -0.3 is 9.47 Å². The molecule has 3 rings (SSSR count). The molecule has 0 saturated carbocycles. The van der Waals surface area contributed by atoms with E-state index in [1.807, 2.05) is 27.8 Å². The summed E-state index contributed by atoms with van der Waals surface area (Å²) in [6, 6.07) is -0.0500. The van der Waals surface area contributed by atoms with Crippen molar-refractivity contribution in [1.29, 1.82) is 0 Å². The lowest BCUT2D eigenvalue weighted by molar-refractivity contribution is -0.917. The number of allylic oxidation sites excluding steroid dienone is 1. The average molecular weight is 412 g/mol. The molecule has 0 aromatic carbocycles. The summed E-state index contributed by atoms with van der Waals surface area (Å²) in [5.41, 5.74) is 3.17. The first-order chi connectivity index (χ1) is 12.7. The zero-order chi connectivity index (χ0) is 19.8. The Morgan fingerprint density at radius 1 is 1.44 bits per heavy atom. The van der Waals surface area contributed by atoms with Crippen LogP contribution in [0.1, 0.15) is 29.4 Å². The van der Waals surface area contributed by atoms with E-state index in [9.17, 15) is 8.42 Å². The topological polar surface area (TPSA) is 79.2 Å². The SMILES string of the molecule is C=CCn1cnn(C[NH+](C)Cc2c(C)nn([C@@H]3CCS(=O)(=O)C3)c2C)c1=S. The zero-order valence-corrected chi connectivity index (χ0v) is 17.7. The maximum atomic E-state index is 11.8. The molecule has 3 heterocycles. The lowest BCUT2D eigenvalue weighted by Gasteiger charge is -2.15. The molecule has 148 valence electrons. The van der Waals surface area contributed by atoms with Crippen LogP contribution in [-0.4, -0.2) is 51.1 Å². The summed E-state index contributed by atoms with van der Waals surface area (Å²) < 4.78 is 29.9. The molecule has 1 aliphatic rings. The van der Waals surface area contributed by atoms with Crippen molar-refractivity contribution in [1.82, 2.24) is 24.1 Å². The van der Waals surface area contributed by atoms with Crippen molar-refractivity contribution in [3.63, 3.8) is 0 Å². The Balaban J connectivity index is 1.74. The van der Waals surface area contributed by atoms with E-state index in [1.165, 1.54) is 4.90 Å². The number of nitrogens with one attached hydrogen (secondary N) is 1. The van der Waals surface area contributed by atoms with Gasteiger partial charge in [-0.2, -0.15) is 14.9 Å². The van der Waals surface area contributed by atoms with E-state index in [4.69, 9.17) is 12.2 Å². The Morgan fingerprint density at radius 2 is 2.19 bits per heavy atom. The van der Waals surface area contributed by atoms with Crippen molar-refractivity contribution >= 4 is 22.1 Å². The summed E-state index contributed by atoms with van der Waals surface area (Å²) in [5.74, 6) is 0.440. The Morgan fingerprint density at radius 3 is 2.81 bits per heavy atom. The molecule has 2 aromatic rings. The predicted octanol–water partition coefficient (Wildman–Crippen LogP) is 0.445. The Bertz CT molecular complexity index is 1000. The van der Waals surface area contributed by atoms with Gasteiger partial charge in [0.2, 0.25) is 4.77 Å². The minimum atomic E-state index is -2.93. The van der Waals surface area contributed by atoms with E-state index in [2.05, 4.69) is 23.8 Å². The van der Waals surface area contributed by atoms with Crippen LogP contribution < -0.4 is 4.90 Å². The largest absolute Gasteiger partial charge is 0.315 e. The number of aromatic nitrogens is 5. The van der Waals surface area contributed by atoms with Crippen LogP contribution in [-0.2, 0) is 29.6 Å². The molecular weight excluding hydrogens is 384 g/mol. The third-order valence-corrected chi connectivity index (χ3v) is 7.25. The maximum Gasteiger partial charge on any atom is 0.202 e. The molecule has 0 spiro atoms. The lowest BCUT2D eigenvalue weighted by atomic mass is 10.2. The van der Waals surface area contributed by atoms with Gasteiger partial charge in [-0.25, -0.2) is 8.42 Å². The highest BCUT2D eigenvalue weighted by atomic mass is 32.2. The minimum absolute atomic E-state index is 0.0500. The van der Waals surface area contributed by atoms with Crippen molar-refractivity contribution < 1.29 is 13.3 Å². The zero-order valence-electron chi connectivity index (χ0n) is 16.1. The van der Waals surface area contributed by atoms with Gasteiger partial charge >= 0.3 is 0 Å². The van der Waals surface area contributed by atoms with Gasteiger partial charge in [0, 0.05) is 12.2 Å². The Hall–Kier alpha value is -1.78. The highest BCUT2D eigenvalue weighted by Gasteiger charge is 2.31. The number of nitrogens with zero attached hydrogens (tertiary/aromatic N) is 5. The lowest BCUT2D eigenvalue weighted by Crippen LogP contribution is -3.07. The van der Waals surface area contributed by atoms with Crippen LogP contribution >= 0.6 is 12.2 Å². The van der Waals surface area contributed by atoms with Gasteiger partial charge in [0.05, 0.1) is 35.9 Å². The third-order valence-electron chi connectivity index (χ3n) is 5.05. The van der Waals surface area contributed by atoms with E-state index in [-0.39, 0.29) is 17.5 Å². The van der Waals surface area contributed by atoms with Crippen molar-refractivity contribution in [3.05, 3.63) is 40.7 Å². The molecule has 0 aliphatic carbocycles. The molecular formula is C17H27N6O2S2+. The van der Waals surface area contributed by atoms with Gasteiger partial charge in [-0.1, -0.05) is 6.08 Å². The summed E-state index contributed by atoms with van der Waals surface area (Å²) >= 11 is 5.45. The summed E-state index contributed by atoms with van der Waals surface area (Å²) in [4.78, 5) is 1.22. The van der Waals surface area contributed by atoms with Gasteiger partial charge in [-0.3, -0.25) is 4.68 Å². The van der Waals surface area contributed by atoms with E-state index >= 15 is 0 Å². The molecule has 10 heteroatoms. The molecule has 1 saturated heterocycles. The molecule has 2 atom stereocenters. The number of rotatable bonds is 7.